The molecular weight excluding hydrogens is 412 g/mol. The van der Waals surface area contributed by atoms with Gasteiger partial charge in [-0.05, 0) is 59.8 Å². The van der Waals surface area contributed by atoms with Gasteiger partial charge in [-0.25, -0.2) is 13.1 Å². The molecule has 6 nitrogen and oxygen atoms in total. The Hall–Kier alpha value is -2.64. The number of nitrogens with one attached hydrogen (secondary N) is 2. The maximum absolute atomic E-state index is 12.7. The summed E-state index contributed by atoms with van der Waals surface area (Å²) in [6.07, 6.45) is 1.75. The molecule has 31 heavy (non-hydrogen) atoms. The summed E-state index contributed by atoms with van der Waals surface area (Å²) < 4.78 is 26.8. The highest BCUT2D eigenvalue weighted by Gasteiger charge is 2.29. The van der Waals surface area contributed by atoms with Crippen molar-refractivity contribution < 1.29 is 18.3 Å². The molecule has 2 aromatic rings. The number of fused-ring (bicyclic) bond motifs is 1. The maximum Gasteiger partial charge on any atom is 0.256 e. The zero-order valence-electron chi connectivity index (χ0n) is 19.0. The van der Waals surface area contributed by atoms with Crippen molar-refractivity contribution in [2.45, 2.75) is 57.3 Å². The summed E-state index contributed by atoms with van der Waals surface area (Å²) in [7, 11) is -2.29. The van der Waals surface area contributed by atoms with Crippen molar-refractivity contribution in [1.82, 2.24) is 4.72 Å². The largest absolute Gasteiger partial charge is 0.507 e. The summed E-state index contributed by atoms with van der Waals surface area (Å²) in [6.45, 7) is 12.2. The van der Waals surface area contributed by atoms with Crippen molar-refractivity contribution in [2.24, 2.45) is 0 Å². The van der Waals surface area contributed by atoms with Crippen LogP contribution in [0.3, 0.4) is 0 Å². The van der Waals surface area contributed by atoms with Crippen LogP contribution in [0.25, 0.3) is 11.6 Å². The van der Waals surface area contributed by atoms with Gasteiger partial charge in [0.2, 0.25) is 10.0 Å². The fraction of sp³-hybridized carbons (Fsp3) is 0.375. The van der Waals surface area contributed by atoms with Crippen LogP contribution in [0.4, 0.5) is 5.69 Å². The van der Waals surface area contributed by atoms with E-state index in [0.29, 0.717) is 16.8 Å². The Morgan fingerprint density at radius 3 is 2.00 bits per heavy atom. The first-order valence-corrected chi connectivity index (χ1v) is 11.6. The molecule has 2 aromatic carbocycles. The number of hydrogen-bond donors (Lipinski definition) is 3. The number of rotatable bonds is 3. The highest BCUT2D eigenvalue weighted by Crippen LogP contribution is 2.41. The topological polar surface area (TPSA) is 95.5 Å². The average molecular weight is 443 g/mol. The third kappa shape index (κ3) is 4.38. The Labute approximate surface area is 184 Å². The molecule has 1 heterocycles. The summed E-state index contributed by atoms with van der Waals surface area (Å²) in [4.78, 5) is 12.8. The Morgan fingerprint density at radius 1 is 0.968 bits per heavy atom. The molecule has 0 saturated heterocycles. The van der Waals surface area contributed by atoms with Crippen molar-refractivity contribution in [3.63, 3.8) is 0 Å². The highest BCUT2D eigenvalue weighted by atomic mass is 32.2. The summed E-state index contributed by atoms with van der Waals surface area (Å²) in [6, 6.07) is 8.33. The number of amides is 1. The average Bonchev–Trinajstić information content (AvgIpc) is 2.95. The monoisotopic (exact) mass is 442 g/mol. The molecule has 1 aliphatic heterocycles. The lowest BCUT2D eigenvalue weighted by Gasteiger charge is -2.28. The molecule has 7 heteroatoms. The third-order valence-electron chi connectivity index (χ3n) is 5.41. The highest BCUT2D eigenvalue weighted by molar-refractivity contribution is 7.89. The van der Waals surface area contributed by atoms with Crippen LogP contribution in [0, 0.1) is 0 Å². The van der Waals surface area contributed by atoms with E-state index in [-0.39, 0.29) is 27.4 Å². The van der Waals surface area contributed by atoms with Crippen molar-refractivity contribution in [1.29, 1.82) is 0 Å². The fourth-order valence-corrected chi connectivity index (χ4v) is 4.40. The van der Waals surface area contributed by atoms with E-state index in [1.165, 1.54) is 19.2 Å². The van der Waals surface area contributed by atoms with Gasteiger partial charge in [-0.2, -0.15) is 0 Å². The molecule has 0 saturated carbocycles. The summed E-state index contributed by atoms with van der Waals surface area (Å²) in [5.41, 5.74) is 3.22. The molecule has 0 atom stereocenters. The van der Waals surface area contributed by atoms with Gasteiger partial charge < -0.3 is 10.4 Å². The van der Waals surface area contributed by atoms with Crippen molar-refractivity contribution in [2.75, 3.05) is 12.4 Å². The molecular formula is C24H30N2O4S. The molecule has 1 aliphatic rings. The minimum Gasteiger partial charge on any atom is -0.507 e. The van der Waals surface area contributed by atoms with E-state index in [1.54, 1.807) is 12.1 Å². The van der Waals surface area contributed by atoms with Gasteiger partial charge in [0.15, 0.2) is 0 Å². The normalized spacial score (nSPS) is 15.8. The minimum atomic E-state index is -3.64. The summed E-state index contributed by atoms with van der Waals surface area (Å²) in [5, 5.41) is 13.7. The van der Waals surface area contributed by atoms with Crippen molar-refractivity contribution >= 4 is 33.3 Å². The van der Waals surface area contributed by atoms with Crippen LogP contribution in [0.15, 0.2) is 35.2 Å². The number of sulfonamides is 1. The molecule has 0 aliphatic carbocycles. The van der Waals surface area contributed by atoms with E-state index < -0.39 is 10.0 Å². The van der Waals surface area contributed by atoms with Crippen LogP contribution in [0.1, 0.15) is 63.8 Å². The van der Waals surface area contributed by atoms with Gasteiger partial charge in [-0.15, -0.1) is 0 Å². The Balaban J connectivity index is 2.24. The first-order valence-electron chi connectivity index (χ1n) is 10.1. The van der Waals surface area contributed by atoms with E-state index >= 15 is 0 Å². The molecule has 0 bridgehead atoms. The lowest BCUT2D eigenvalue weighted by atomic mass is 9.78. The zero-order chi connectivity index (χ0) is 23.4. The number of phenolic OH excluding ortho intramolecular Hbond substituents is 1. The van der Waals surface area contributed by atoms with Gasteiger partial charge in [0.1, 0.15) is 5.75 Å². The molecule has 0 spiro atoms. The van der Waals surface area contributed by atoms with Crippen LogP contribution in [-0.4, -0.2) is 26.5 Å². The molecule has 1 amide bonds. The first-order chi connectivity index (χ1) is 14.1. The quantitative estimate of drug-likeness (QED) is 0.615. The number of hydrogen-bond acceptors (Lipinski definition) is 4. The van der Waals surface area contributed by atoms with Gasteiger partial charge in [0, 0.05) is 28.0 Å². The van der Waals surface area contributed by atoms with Crippen LogP contribution < -0.4 is 10.0 Å². The second-order valence-electron chi connectivity index (χ2n) is 9.89. The second-order valence-corrected chi connectivity index (χ2v) is 11.8. The van der Waals surface area contributed by atoms with E-state index in [9.17, 15) is 18.3 Å². The molecule has 3 N–H and O–H groups in total. The number of aromatic hydroxyl groups is 1. The molecule has 166 valence electrons. The molecule has 0 unspecified atom stereocenters. The van der Waals surface area contributed by atoms with E-state index in [2.05, 4.69) is 10.0 Å². The number of carbonyl (C=O) groups is 1. The predicted octanol–water partition coefficient (Wildman–Crippen LogP) is 4.39. The fourth-order valence-electron chi connectivity index (χ4n) is 3.65. The van der Waals surface area contributed by atoms with E-state index in [0.717, 1.165) is 16.7 Å². The van der Waals surface area contributed by atoms with Gasteiger partial charge in [-0.3, -0.25) is 4.79 Å². The molecule has 0 aromatic heterocycles. The van der Waals surface area contributed by atoms with E-state index in [1.807, 2.05) is 53.7 Å². The van der Waals surface area contributed by atoms with Gasteiger partial charge in [-0.1, -0.05) is 41.5 Å². The summed E-state index contributed by atoms with van der Waals surface area (Å²) >= 11 is 0. The smallest absolute Gasteiger partial charge is 0.256 e. The minimum absolute atomic E-state index is 0.0904. The van der Waals surface area contributed by atoms with E-state index in [4.69, 9.17) is 0 Å². The Morgan fingerprint density at radius 2 is 1.52 bits per heavy atom. The molecule has 0 radical (unpaired) electrons. The van der Waals surface area contributed by atoms with Gasteiger partial charge >= 0.3 is 0 Å². The number of phenols is 1. The van der Waals surface area contributed by atoms with Crippen molar-refractivity contribution in [3.05, 3.63) is 52.6 Å². The summed E-state index contributed by atoms with van der Waals surface area (Å²) in [5.74, 6) is -0.0301. The van der Waals surface area contributed by atoms with Crippen LogP contribution >= 0.6 is 0 Å². The molecule has 0 fully saturated rings. The Kier molecular flexibility index (Phi) is 5.57. The lowest BCUT2D eigenvalue weighted by Crippen LogP contribution is -2.18. The van der Waals surface area contributed by atoms with Gasteiger partial charge in [0.05, 0.1) is 4.90 Å². The maximum atomic E-state index is 12.7. The van der Waals surface area contributed by atoms with Crippen LogP contribution in [0.2, 0.25) is 0 Å². The first kappa shape index (κ1) is 23.0. The lowest BCUT2D eigenvalue weighted by molar-refractivity contribution is -0.110. The van der Waals surface area contributed by atoms with Crippen LogP contribution in [0.5, 0.6) is 5.75 Å². The van der Waals surface area contributed by atoms with Crippen molar-refractivity contribution in [3.8, 4) is 5.75 Å². The zero-order valence-corrected chi connectivity index (χ0v) is 19.9. The van der Waals surface area contributed by atoms with Crippen LogP contribution in [-0.2, 0) is 25.6 Å². The SMILES string of the molecule is CNS(=O)(=O)c1ccc2c(c1)C(=Cc1cc(C(C)(C)C)c(O)c(C(C)(C)C)c1)C(=O)N2. The number of carbonyl (C=O) groups excluding carboxylic acids is 1. The van der Waals surface area contributed by atoms with Gasteiger partial charge in [0.25, 0.3) is 5.91 Å². The Bertz CT molecular complexity index is 1160. The number of benzene rings is 2. The number of anilines is 1. The predicted molar refractivity (Wildman–Crippen MR) is 125 cm³/mol. The second kappa shape index (κ2) is 7.50. The molecule has 3 rings (SSSR count). The standard InChI is InChI=1S/C24H30N2O4S/c1-23(2,3)18-11-14(12-19(21(18)27)24(4,5)6)10-17-16-13-15(31(29,30)25-7)8-9-20(16)26-22(17)28/h8-13,25,27H,1-7H3,(H,26,28). The third-order valence-corrected chi connectivity index (χ3v) is 6.82.